The molecule has 176 valence electrons. The number of rotatable bonds is 7. The van der Waals surface area contributed by atoms with Gasteiger partial charge in [0, 0.05) is 24.9 Å². The molecule has 0 radical (unpaired) electrons. The first-order valence-electron chi connectivity index (χ1n) is 11.6. The van der Waals surface area contributed by atoms with Gasteiger partial charge in [-0.15, -0.1) is 12.3 Å². The van der Waals surface area contributed by atoms with Gasteiger partial charge in [-0.3, -0.25) is 9.59 Å². The first kappa shape index (κ1) is 23.4. The van der Waals surface area contributed by atoms with Crippen molar-refractivity contribution in [2.45, 2.75) is 50.1 Å². The lowest BCUT2D eigenvalue weighted by molar-refractivity contribution is -0.142. The fourth-order valence-electron chi connectivity index (χ4n) is 5.00. The molecule has 1 saturated heterocycles. The van der Waals surface area contributed by atoms with Crippen LogP contribution in [0.25, 0.3) is 11.1 Å². The Kier molecular flexibility index (Phi) is 7.17. The van der Waals surface area contributed by atoms with Gasteiger partial charge in [-0.05, 0) is 41.5 Å². The predicted molar refractivity (Wildman–Crippen MR) is 127 cm³/mol. The summed E-state index contributed by atoms with van der Waals surface area (Å²) in [6.07, 6.45) is 6.88. The van der Waals surface area contributed by atoms with Gasteiger partial charge in [0.15, 0.2) is 0 Å². The number of carbonyl (C=O) groups excluding carboxylic acids is 2. The molecule has 2 unspecified atom stereocenters. The predicted octanol–water partition coefficient (Wildman–Crippen LogP) is 3.77. The van der Waals surface area contributed by atoms with E-state index >= 15 is 0 Å². The van der Waals surface area contributed by atoms with Crippen molar-refractivity contribution in [1.29, 1.82) is 0 Å². The van der Waals surface area contributed by atoms with Crippen LogP contribution in [0.15, 0.2) is 48.5 Å². The first-order chi connectivity index (χ1) is 16.5. The average Bonchev–Trinajstić information content (AvgIpc) is 3.16. The number of amides is 2. The van der Waals surface area contributed by atoms with Crippen molar-refractivity contribution in [1.82, 2.24) is 10.2 Å². The standard InChI is InChI=1S/C27H28N2O5/c1-2-9-24(26(32)29-15-8-7-10-18(29)16-25(30)31)28-27(33)34-17-23-21-13-5-3-11-19(21)20-12-4-6-14-22(20)23/h1,3-6,11-14,18,23-24H,7-10,15-17H2,(H,28,33)(H,30,31). The molecule has 4 rings (SSSR count). The topological polar surface area (TPSA) is 95.9 Å². The number of hydrogen-bond donors (Lipinski definition) is 2. The molecule has 7 nitrogen and oxygen atoms in total. The van der Waals surface area contributed by atoms with E-state index in [0.29, 0.717) is 13.0 Å². The number of benzene rings is 2. The van der Waals surface area contributed by atoms with Crippen LogP contribution in [-0.4, -0.2) is 53.2 Å². The fourth-order valence-corrected chi connectivity index (χ4v) is 5.00. The molecule has 0 aromatic heterocycles. The van der Waals surface area contributed by atoms with Gasteiger partial charge in [-0.25, -0.2) is 4.79 Å². The number of alkyl carbamates (subject to hydrolysis) is 1. The van der Waals surface area contributed by atoms with E-state index in [4.69, 9.17) is 11.2 Å². The normalized spacial score (nSPS) is 17.7. The number of piperidine rings is 1. The van der Waals surface area contributed by atoms with Crippen molar-refractivity contribution < 1.29 is 24.2 Å². The summed E-state index contributed by atoms with van der Waals surface area (Å²) in [5.74, 6) is 1.02. The largest absolute Gasteiger partial charge is 0.481 e. The number of carbonyl (C=O) groups is 3. The molecule has 0 saturated carbocycles. The van der Waals surface area contributed by atoms with E-state index < -0.39 is 24.1 Å². The quantitative estimate of drug-likeness (QED) is 0.613. The summed E-state index contributed by atoms with van der Waals surface area (Å²) in [5, 5.41) is 11.8. The van der Waals surface area contributed by atoms with E-state index in [0.717, 1.165) is 35.1 Å². The van der Waals surface area contributed by atoms with E-state index in [1.165, 1.54) is 0 Å². The lowest BCUT2D eigenvalue weighted by Gasteiger charge is -2.37. The van der Waals surface area contributed by atoms with Crippen molar-refractivity contribution in [3.63, 3.8) is 0 Å². The maximum absolute atomic E-state index is 13.2. The Balaban J connectivity index is 1.42. The number of ether oxygens (including phenoxy) is 1. The first-order valence-corrected chi connectivity index (χ1v) is 11.6. The minimum absolute atomic E-state index is 0.000674. The van der Waals surface area contributed by atoms with Crippen molar-refractivity contribution in [3.8, 4) is 23.5 Å². The van der Waals surface area contributed by atoms with Crippen LogP contribution in [0.1, 0.15) is 49.1 Å². The van der Waals surface area contributed by atoms with Gasteiger partial charge >= 0.3 is 12.1 Å². The fraction of sp³-hybridized carbons (Fsp3) is 0.370. The summed E-state index contributed by atoms with van der Waals surface area (Å²) < 4.78 is 5.56. The molecule has 2 aromatic rings. The monoisotopic (exact) mass is 460 g/mol. The number of carboxylic acid groups (broad SMARTS) is 1. The summed E-state index contributed by atoms with van der Waals surface area (Å²) in [6, 6.07) is 14.7. The van der Waals surface area contributed by atoms with Crippen LogP contribution >= 0.6 is 0 Å². The van der Waals surface area contributed by atoms with Gasteiger partial charge in [-0.2, -0.15) is 0 Å². The Morgan fingerprint density at radius 2 is 1.74 bits per heavy atom. The Morgan fingerprint density at radius 3 is 2.35 bits per heavy atom. The molecular formula is C27H28N2O5. The minimum atomic E-state index is -0.963. The molecule has 34 heavy (non-hydrogen) atoms. The number of aliphatic carboxylic acids is 1. The second-order valence-electron chi connectivity index (χ2n) is 8.71. The molecule has 1 aliphatic carbocycles. The smallest absolute Gasteiger partial charge is 0.407 e. The zero-order chi connectivity index (χ0) is 24.1. The third kappa shape index (κ3) is 4.91. The van der Waals surface area contributed by atoms with Crippen LogP contribution in [0, 0.1) is 12.3 Å². The molecule has 1 aliphatic heterocycles. The number of fused-ring (bicyclic) bond motifs is 3. The molecule has 1 fully saturated rings. The third-order valence-electron chi connectivity index (χ3n) is 6.58. The van der Waals surface area contributed by atoms with Crippen LogP contribution in [0.3, 0.4) is 0 Å². The number of nitrogens with zero attached hydrogens (tertiary/aromatic N) is 1. The number of terminal acetylenes is 1. The van der Waals surface area contributed by atoms with Crippen molar-refractivity contribution in [3.05, 3.63) is 59.7 Å². The zero-order valence-corrected chi connectivity index (χ0v) is 18.9. The van der Waals surface area contributed by atoms with Gasteiger partial charge < -0.3 is 20.1 Å². The summed E-state index contributed by atoms with van der Waals surface area (Å²) in [7, 11) is 0. The summed E-state index contributed by atoms with van der Waals surface area (Å²) >= 11 is 0. The SMILES string of the molecule is C#CCC(NC(=O)OCC1c2ccccc2-c2ccccc21)C(=O)N1CCCCC1CC(=O)O. The third-order valence-corrected chi connectivity index (χ3v) is 6.58. The maximum atomic E-state index is 13.2. The Hall–Kier alpha value is -3.79. The number of hydrogen-bond acceptors (Lipinski definition) is 4. The van der Waals surface area contributed by atoms with E-state index in [9.17, 15) is 19.5 Å². The Bertz CT molecular complexity index is 1080. The van der Waals surface area contributed by atoms with Crippen LogP contribution in [0.2, 0.25) is 0 Å². The molecular weight excluding hydrogens is 432 g/mol. The van der Waals surface area contributed by atoms with Crippen molar-refractivity contribution in [2.75, 3.05) is 13.2 Å². The molecule has 2 aliphatic rings. The molecule has 0 bridgehead atoms. The Labute approximate surface area is 199 Å². The second-order valence-corrected chi connectivity index (χ2v) is 8.71. The number of carboxylic acids is 1. The summed E-state index contributed by atoms with van der Waals surface area (Å²) in [6.45, 7) is 0.576. The maximum Gasteiger partial charge on any atom is 0.407 e. The number of likely N-dealkylation sites (tertiary alicyclic amines) is 1. The van der Waals surface area contributed by atoms with Crippen LogP contribution in [0.4, 0.5) is 4.79 Å². The van der Waals surface area contributed by atoms with Gasteiger partial charge in [0.2, 0.25) is 5.91 Å². The minimum Gasteiger partial charge on any atom is -0.481 e. The molecule has 0 spiro atoms. The number of nitrogens with one attached hydrogen (secondary N) is 1. The highest BCUT2D eigenvalue weighted by Crippen LogP contribution is 2.44. The highest BCUT2D eigenvalue weighted by molar-refractivity contribution is 5.87. The van der Waals surface area contributed by atoms with Gasteiger partial charge in [0.25, 0.3) is 0 Å². The summed E-state index contributed by atoms with van der Waals surface area (Å²) in [5.41, 5.74) is 4.44. The van der Waals surface area contributed by atoms with E-state index in [-0.39, 0.29) is 31.3 Å². The van der Waals surface area contributed by atoms with Crippen LogP contribution < -0.4 is 5.32 Å². The molecule has 7 heteroatoms. The lowest BCUT2D eigenvalue weighted by Crippen LogP contribution is -2.53. The van der Waals surface area contributed by atoms with E-state index in [1.54, 1.807) is 4.90 Å². The molecule has 1 heterocycles. The van der Waals surface area contributed by atoms with Crippen LogP contribution in [0.5, 0.6) is 0 Å². The zero-order valence-electron chi connectivity index (χ0n) is 18.9. The molecule has 2 aromatic carbocycles. The van der Waals surface area contributed by atoms with Crippen molar-refractivity contribution >= 4 is 18.0 Å². The van der Waals surface area contributed by atoms with Gasteiger partial charge in [-0.1, -0.05) is 48.5 Å². The van der Waals surface area contributed by atoms with E-state index in [1.807, 2.05) is 36.4 Å². The Morgan fingerprint density at radius 1 is 1.09 bits per heavy atom. The summed E-state index contributed by atoms with van der Waals surface area (Å²) in [4.78, 5) is 38.6. The lowest BCUT2D eigenvalue weighted by atomic mass is 9.98. The second kappa shape index (κ2) is 10.4. The molecule has 2 amide bonds. The van der Waals surface area contributed by atoms with E-state index in [2.05, 4.69) is 23.4 Å². The van der Waals surface area contributed by atoms with Crippen LogP contribution in [-0.2, 0) is 14.3 Å². The van der Waals surface area contributed by atoms with Gasteiger partial charge in [0.05, 0.1) is 6.42 Å². The highest BCUT2D eigenvalue weighted by Gasteiger charge is 2.34. The van der Waals surface area contributed by atoms with Crippen molar-refractivity contribution in [2.24, 2.45) is 0 Å². The molecule has 2 N–H and O–H groups in total. The highest BCUT2D eigenvalue weighted by atomic mass is 16.5. The molecule has 2 atom stereocenters. The van der Waals surface area contributed by atoms with Gasteiger partial charge in [0.1, 0.15) is 12.6 Å². The average molecular weight is 461 g/mol.